The first kappa shape index (κ1) is 13.7. The van der Waals surface area contributed by atoms with Gasteiger partial charge in [-0.1, -0.05) is 32.4 Å². The molecule has 1 unspecified atom stereocenters. The van der Waals surface area contributed by atoms with Gasteiger partial charge in [0.1, 0.15) is 5.82 Å². The highest BCUT2D eigenvalue weighted by molar-refractivity contribution is 5.72. The van der Waals surface area contributed by atoms with Crippen LogP contribution in [0.25, 0.3) is 0 Å². The van der Waals surface area contributed by atoms with Crippen LogP contribution in [0.15, 0.2) is 24.3 Å². The number of halogens is 1. The Labute approximate surface area is 102 Å². The molecule has 0 aromatic heterocycles. The topological polar surface area (TPSA) is 26.3 Å². The number of unbranched alkanes of at least 4 members (excludes halogenated alkanes) is 1. The van der Waals surface area contributed by atoms with E-state index in [1.807, 2.05) is 6.92 Å². The van der Waals surface area contributed by atoms with Crippen molar-refractivity contribution in [2.75, 3.05) is 6.61 Å². The zero-order valence-corrected chi connectivity index (χ0v) is 10.4. The zero-order valence-electron chi connectivity index (χ0n) is 10.4. The van der Waals surface area contributed by atoms with Crippen molar-refractivity contribution >= 4 is 5.97 Å². The van der Waals surface area contributed by atoms with Gasteiger partial charge >= 0.3 is 5.97 Å². The molecule has 0 saturated carbocycles. The van der Waals surface area contributed by atoms with Crippen LogP contribution in [0.2, 0.25) is 0 Å². The van der Waals surface area contributed by atoms with Gasteiger partial charge in [-0.25, -0.2) is 4.39 Å². The van der Waals surface area contributed by atoms with E-state index in [2.05, 4.69) is 6.92 Å². The molecule has 1 aromatic rings. The molecule has 0 saturated heterocycles. The Morgan fingerprint density at radius 3 is 2.59 bits per heavy atom. The van der Waals surface area contributed by atoms with E-state index < -0.39 is 0 Å². The number of carbonyl (C=O) groups is 1. The number of ether oxygens (including phenoxy) is 1. The minimum atomic E-state index is -0.257. The lowest BCUT2D eigenvalue weighted by atomic mass is 10.0. The Balaban J connectivity index is 2.40. The van der Waals surface area contributed by atoms with Gasteiger partial charge in [-0.3, -0.25) is 4.79 Å². The molecular formula is C14H19FO2. The van der Waals surface area contributed by atoms with Gasteiger partial charge in [0.2, 0.25) is 0 Å². The summed E-state index contributed by atoms with van der Waals surface area (Å²) in [5, 5.41) is 0. The number of esters is 1. The second-order valence-electron chi connectivity index (χ2n) is 4.25. The number of hydrogen-bond acceptors (Lipinski definition) is 2. The molecular weight excluding hydrogens is 219 g/mol. The summed E-state index contributed by atoms with van der Waals surface area (Å²) in [7, 11) is 0. The highest BCUT2D eigenvalue weighted by atomic mass is 19.1. The highest BCUT2D eigenvalue weighted by Crippen LogP contribution is 2.11. The summed E-state index contributed by atoms with van der Waals surface area (Å²) in [5.41, 5.74) is 0.950. The van der Waals surface area contributed by atoms with Crippen molar-refractivity contribution in [1.82, 2.24) is 0 Å². The second kappa shape index (κ2) is 7.05. The van der Waals surface area contributed by atoms with E-state index in [-0.39, 0.29) is 17.7 Å². The predicted molar refractivity (Wildman–Crippen MR) is 65.1 cm³/mol. The van der Waals surface area contributed by atoms with Crippen molar-refractivity contribution in [3.05, 3.63) is 35.6 Å². The van der Waals surface area contributed by atoms with Crippen molar-refractivity contribution < 1.29 is 13.9 Å². The lowest BCUT2D eigenvalue weighted by Gasteiger charge is -2.11. The van der Waals surface area contributed by atoms with E-state index in [1.54, 1.807) is 12.1 Å². The number of hydrogen-bond donors (Lipinski definition) is 0. The number of rotatable bonds is 6. The van der Waals surface area contributed by atoms with Crippen LogP contribution in [-0.2, 0) is 16.0 Å². The number of benzene rings is 1. The Morgan fingerprint density at radius 2 is 2.00 bits per heavy atom. The molecule has 3 heteroatoms. The van der Waals surface area contributed by atoms with Crippen LogP contribution in [0.3, 0.4) is 0 Å². The molecule has 1 aromatic carbocycles. The van der Waals surface area contributed by atoms with E-state index in [0.29, 0.717) is 13.0 Å². The van der Waals surface area contributed by atoms with E-state index in [1.165, 1.54) is 12.1 Å². The van der Waals surface area contributed by atoms with E-state index >= 15 is 0 Å². The third-order valence-electron chi connectivity index (χ3n) is 2.60. The molecule has 0 aliphatic heterocycles. The fourth-order valence-corrected chi connectivity index (χ4v) is 1.52. The average molecular weight is 238 g/mol. The molecule has 0 spiro atoms. The third kappa shape index (κ3) is 4.98. The molecule has 0 bridgehead atoms. The van der Waals surface area contributed by atoms with Crippen molar-refractivity contribution in [1.29, 1.82) is 0 Å². The first-order chi connectivity index (χ1) is 8.13. The van der Waals surface area contributed by atoms with E-state index in [0.717, 1.165) is 18.4 Å². The summed E-state index contributed by atoms with van der Waals surface area (Å²) < 4.78 is 17.8. The first-order valence-corrected chi connectivity index (χ1v) is 6.04. The van der Waals surface area contributed by atoms with Gasteiger partial charge in [0, 0.05) is 0 Å². The smallest absolute Gasteiger partial charge is 0.308 e. The fraction of sp³-hybridized carbons (Fsp3) is 0.500. The van der Waals surface area contributed by atoms with Crippen molar-refractivity contribution in [3.8, 4) is 0 Å². The van der Waals surface area contributed by atoms with Gasteiger partial charge in [-0.15, -0.1) is 0 Å². The summed E-state index contributed by atoms with van der Waals surface area (Å²) in [5.74, 6) is -0.619. The quantitative estimate of drug-likeness (QED) is 0.561. The van der Waals surface area contributed by atoms with Crippen molar-refractivity contribution in [3.63, 3.8) is 0 Å². The van der Waals surface area contributed by atoms with Gasteiger partial charge in [0.25, 0.3) is 0 Å². The molecule has 94 valence electrons. The van der Waals surface area contributed by atoms with Gasteiger partial charge in [-0.2, -0.15) is 0 Å². The molecule has 0 fully saturated rings. The second-order valence-corrected chi connectivity index (χ2v) is 4.25. The van der Waals surface area contributed by atoms with E-state index in [4.69, 9.17) is 4.74 Å². The summed E-state index contributed by atoms with van der Waals surface area (Å²) in [6.07, 6.45) is 2.50. The van der Waals surface area contributed by atoms with Crippen molar-refractivity contribution in [2.45, 2.75) is 33.1 Å². The number of carbonyl (C=O) groups excluding carboxylic acids is 1. The Hall–Kier alpha value is -1.38. The summed E-state index contributed by atoms with van der Waals surface area (Å²) in [6, 6.07) is 6.21. The van der Waals surface area contributed by atoms with E-state index in [9.17, 15) is 9.18 Å². The Bertz CT molecular complexity index is 346. The SMILES string of the molecule is CCCCOC(=O)C(C)Cc1ccc(F)cc1. The maximum atomic E-state index is 12.7. The first-order valence-electron chi connectivity index (χ1n) is 6.04. The molecule has 1 atom stereocenters. The maximum Gasteiger partial charge on any atom is 0.308 e. The minimum absolute atomic E-state index is 0.178. The monoisotopic (exact) mass is 238 g/mol. The average Bonchev–Trinajstić information content (AvgIpc) is 2.32. The van der Waals surface area contributed by atoms with Gasteiger partial charge < -0.3 is 4.74 Å². The Kier molecular flexibility index (Phi) is 5.67. The maximum absolute atomic E-state index is 12.7. The molecule has 0 aliphatic rings. The molecule has 0 aliphatic carbocycles. The predicted octanol–water partition coefficient (Wildman–Crippen LogP) is 3.35. The summed E-state index contributed by atoms with van der Waals surface area (Å²) in [6.45, 7) is 4.37. The van der Waals surface area contributed by atoms with Crippen LogP contribution in [0.4, 0.5) is 4.39 Å². The molecule has 17 heavy (non-hydrogen) atoms. The van der Waals surface area contributed by atoms with Crippen molar-refractivity contribution in [2.24, 2.45) is 5.92 Å². The summed E-state index contributed by atoms with van der Waals surface area (Å²) >= 11 is 0. The molecule has 0 amide bonds. The standard InChI is InChI=1S/C14H19FO2/c1-3-4-9-17-14(16)11(2)10-12-5-7-13(15)8-6-12/h5-8,11H,3-4,9-10H2,1-2H3. The lowest BCUT2D eigenvalue weighted by molar-refractivity contribution is -0.148. The Morgan fingerprint density at radius 1 is 1.35 bits per heavy atom. The molecule has 0 radical (unpaired) electrons. The zero-order chi connectivity index (χ0) is 12.7. The normalized spacial score (nSPS) is 12.2. The van der Waals surface area contributed by atoms with Crippen LogP contribution >= 0.6 is 0 Å². The van der Waals surface area contributed by atoms with Crippen LogP contribution in [-0.4, -0.2) is 12.6 Å². The van der Waals surface area contributed by atoms with Gasteiger partial charge in [-0.05, 0) is 30.5 Å². The molecule has 1 rings (SSSR count). The van der Waals surface area contributed by atoms with Crippen LogP contribution in [0, 0.1) is 11.7 Å². The van der Waals surface area contributed by atoms with Gasteiger partial charge in [0.15, 0.2) is 0 Å². The molecule has 0 N–H and O–H groups in total. The van der Waals surface area contributed by atoms with Crippen LogP contribution in [0.1, 0.15) is 32.3 Å². The molecule has 0 heterocycles. The van der Waals surface area contributed by atoms with Gasteiger partial charge in [0.05, 0.1) is 12.5 Å². The molecule has 2 nitrogen and oxygen atoms in total. The lowest BCUT2D eigenvalue weighted by Crippen LogP contribution is -2.17. The largest absolute Gasteiger partial charge is 0.465 e. The fourth-order valence-electron chi connectivity index (χ4n) is 1.52. The van der Waals surface area contributed by atoms with Crippen LogP contribution < -0.4 is 0 Å². The third-order valence-corrected chi connectivity index (χ3v) is 2.60. The minimum Gasteiger partial charge on any atom is -0.465 e. The summed E-state index contributed by atoms with van der Waals surface area (Å²) in [4.78, 5) is 11.6. The van der Waals surface area contributed by atoms with Crippen LogP contribution in [0.5, 0.6) is 0 Å². The highest BCUT2D eigenvalue weighted by Gasteiger charge is 2.14.